The number of ether oxygens (including phenoxy) is 4. The van der Waals surface area contributed by atoms with Gasteiger partial charge in [0.05, 0.1) is 77.2 Å². The molecule has 75 heavy (non-hydrogen) atoms. The summed E-state index contributed by atoms with van der Waals surface area (Å²) in [5.41, 5.74) is 3.46. The highest BCUT2D eigenvalue weighted by Crippen LogP contribution is 2.54. The summed E-state index contributed by atoms with van der Waals surface area (Å²) < 4.78 is 71.0. The zero-order valence-corrected chi connectivity index (χ0v) is 43.6. The van der Waals surface area contributed by atoms with Crippen molar-refractivity contribution in [2.45, 2.75) is 113 Å². The zero-order valence-electron chi connectivity index (χ0n) is 42.8. The highest BCUT2D eigenvalue weighted by molar-refractivity contribution is 7.90. The molecule has 6 heterocycles. The molecule has 4 N–H and O–H groups in total. The van der Waals surface area contributed by atoms with E-state index in [0.717, 1.165) is 76.5 Å². The standard InChI is InChI=1S/C55H67FN8O10S/c1-34(2)39-6-4-5-7-40(39)48-31-71-21-20-62(48)37-27-55(28-37)16-18-61(19-17-55)36-8-10-41(45(24-36)63-47-26-42-43(56)30-58-51(42)59-53(47)74-33-50-49(63)32-72-22-23-73-50)52(65)60-75(69,70)38-9-11-44(46(25-38)64(67)68)57-29-35-12-14-54(3,66)15-13-35/h4-11,24-26,30,34-35,37,48-50,57,66H,12-23,27-29,31-33H2,1-3H3,(H,58,59)(H,60,65)/t35-,48-,49+,50-,54-/m0/s1. The number of H-pyrrole nitrogens is 1. The lowest BCUT2D eigenvalue weighted by atomic mass is 9.59. The van der Waals surface area contributed by atoms with Crippen molar-refractivity contribution in [3.63, 3.8) is 0 Å². The molecular weight excluding hydrogens is 984 g/mol. The van der Waals surface area contributed by atoms with Crippen LogP contribution in [0.3, 0.4) is 0 Å². The number of hydrogen-bond acceptors (Lipinski definition) is 15. The molecule has 4 aliphatic heterocycles. The Kier molecular flexibility index (Phi) is 14.0. The number of aromatic nitrogens is 2. The summed E-state index contributed by atoms with van der Waals surface area (Å²) in [6, 6.07) is 19.2. The van der Waals surface area contributed by atoms with Gasteiger partial charge in [0.25, 0.3) is 21.6 Å². The van der Waals surface area contributed by atoms with Gasteiger partial charge in [-0.1, -0.05) is 38.1 Å². The van der Waals surface area contributed by atoms with Gasteiger partial charge in [-0.05, 0) is 123 Å². The molecule has 3 saturated heterocycles. The molecule has 0 unspecified atom stereocenters. The van der Waals surface area contributed by atoms with Gasteiger partial charge in [-0.15, -0.1) is 0 Å². The van der Waals surface area contributed by atoms with Gasteiger partial charge in [0.1, 0.15) is 35.6 Å². The SMILES string of the molecule is CC(C)c1ccccc1[C@@H]1COCCN1C1CC2(CCN(c3ccc(C(=O)NS(=O)(=O)c4ccc(NC[C@H]5CC[C@](C)(O)CC5)c([N+](=O)[O-])c4)c(N4c5cc6c(F)c[nH]c6nc5OC[C@@H]5OCCOC[C@H]54)c3)CC2)C1. The number of amides is 1. The van der Waals surface area contributed by atoms with Crippen LogP contribution in [-0.2, 0) is 24.2 Å². The number of aliphatic hydroxyl groups is 1. The summed E-state index contributed by atoms with van der Waals surface area (Å²) in [5.74, 6) is -0.818. The van der Waals surface area contributed by atoms with Crippen LogP contribution in [-0.4, -0.2) is 129 Å². The van der Waals surface area contributed by atoms with Gasteiger partial charge in [0.2, 0.25) is 5.88 Å². The van der Waals surface area contributed by atoms with E-state index in [1.807, 2.05) is 12.1 Å². The van der Waals surface area contributed by atoms with E-state index >= 15 is 4.39 Å². The Labute approximate surface area is 436 Å². The first-order valence-electron chi connectivity index (χ1n) is 26.5. The van der Waals surface area contributed by atoms with Crippen molar-refractivity contribution >= 4 is 55.4 Å². The minimum Gasteiger partial charge on any atom is -0.473 e. The number of nitro benzene ring substituents is 1. The molecule has 5 aromatic rings. The van der Waals surface area contributed by atoms with Crippen molar-refractivity contribution in [3.8, 4) is 5.88 Å². The molecule has 0 bridgehead atoms. The van der Waals surface area contributed by atoms with Crippen LogP contribution in [0.25, 0.3) is 11.0 Å². The maximum absolute atomic E-state index is 15.5. The van der Waals surface area contributed by atoms with Gasteiger partial charge < -0.3 is 44.2 Å². The first-order chi connectivity index (χ1) is 36.1. The first kappa shape index (κ1) is 51.2. The number of aromatic amines is 1. The Balaban J connectivity index is 0.890. The number of benzene rings is 3. The number of nitrogens with one attached hydrogen (secondary N) is 3. The van der Waals surface area contributed by atoms with Crippen LogP contribution < -0.4 is 24.6 Å². The third-order valence-electron chi connectivity index (χ3n) is 16.9. The van der Waals surface area contributed by atoms with Crippen molar-refractivity contribution in [2.75, 3.05) is 80.9 Å². The molecule has 11 rings (SSSR count). The van der Waals surface area contributed by atoms with Crippen LogP contribution in [0, 0.1) is 27.3 Å². The molecule has 3 atom stereocenters. The van der Waals surface area contributed by atoms with Gasteiger partial charge in [-0.25, -0.2) is 17.5 Å². The molecule has 2 aliphatic carbocycles. The fourth-order valence-electron chi connectivity index (χ4n) is 12.6. The molecule has 2 aromatic heterocycles. The Morgan fingerprint density at radius 3 is 2.51 bits per heavy atom. The number of nitrogens with zero attached hydrogens (tertiary/aromatic N) is 5. The van der Waals surface area contributed by atoms with E-state index in [1.165, 1.54) is 29.5 Å². The van der Waals surface area contributed by atoms with Crippen molar-refractivity contribution in [1.29, 1.82) is 0 Å². The Hall–Kier alpha value is -5.90. The summed E-state index contributed by atoms with van der Waals surface area (Å²) in [5, 5.41) is 26.1. The van der Waals surface area contributed by atoms with Crippen LogP contribution in [0.4, 0.5) is 32.8 Å². The van der Waals surface area contributed by atoms with Crippen molar-refractivity contribution in [2.24, 2.45) is 11.3 Å². The lowest BCUT2D eigenvalue weighted by molar-refractivity contribution is -0.384. The number of sulfonamides is 1. The number of morpholine rings is 1. The molecule has 1 spiro atoms. The molecule has 2 saturated carbocycles. The molecule has 6 aliphatic rings. The van der Waals surface area contributed by atoms with Crippen LogP contribution in [0.5, 0.6) is 5.88 Å². The number of pyridine rings is 1. The number of nitro groups is 1. The third kappa shape index (κ3) is 10.3. The van der Waals surface area contributed by atoms with Crippen LogP contribution in [0.2, 0.25) is 0 Å². The Morgan fingerprint density at radius 1 is 0.960 bits per heavy atom. The lowest BCUT2D eigenvalue weighted by Gasteiger charge is -2.57. The second kappa shape index (κ2) is 20.6. The van der Waals surface area contributed by atoms with E-state index in [1.54, 1.807) is 24.0 Å². The number of carbonyl (C=O) groups excluding carboxylic acids is 1. The minimum absolute atomic E-state index is 0.0403. The van der Waals surface area contributed by atoms with Crippen molar-refractivity contribution in [1.82, 2.24) is 19.6 Å². The number of piperidine rings is 1. The summed E-state index contributed by atoms with van der Waals surface area (Å²) >= 11 is 0. The van der Waals surface area contributed by atoms with Gasteiger partial charge in [-0.3, -0.25) is 19.8 Å². The van der Waals surface area contributed by atoms with Gasteiger partial charge in [-0.2, -0.15) is 4.98 Å². The van der Waals surface area contributed by atoms with Crippen LogP contribution in [0.1, 0.15) is 106 Å². The van der Waals surface area contributed by atoms with Crippen molar-refractivity contribution in [3.05, 3.63) is 106 Å². The van der Waals surface area contributed by atoms with Crippen LogP contribution in [0.15, 0.2) is 77.8 Å². The number of halogens is 1. The highest BCUT2D eigenvalue weighted by atomic mass is 32.2. The van der Waals surface area contributed by atoms with Gasteiger partial charge in [0.15, 0.2) is 0 Å². The summed E-state index contributed by atoms with van der Waals surface area (Å²) in [6.45, 7) is 11.2. The number of rotatable bonds is 12. The predicted molar refractivity (Wildman–Crippen MR) is 281 cm³/mol. The maximum atomic E-state index is 15.5. The fourth-order valence-corrected chi connectivity index (χ4v) is 13.5. The molecule has 5 fully saturated rings. The number of anilines is 4. The number of carbonyl (C=O) groups is 1. The molecular formula is C55H67FN8O10S. The number of fused-ring (bicyclic) bond motifs is 3. The average Bonchev–Trinajstić information content (AvgIpc) is 3.51. The molecule has 1 amide bonds. The minimum atomic E-state index is -4.72. The van der Waals surface area contributed by atoms with E-state index in [2.05, 4.69) is 67.9 Å². The molecule has 3 aromatic carbocycles. The van der Waals surface area contributed by atoms with Gasteiger partial charge in [0, 0.05) is 50.2 Å². The van der Waals surface area contributed by atoms with E-state index in [-0.39, 0.29) is 71.0 Å². The smallest absolute Gasteiger partial charge is 0.293 e. The van der Waals surface area contributed by atoms with Crippen molar-refractivity contribution < 1.29 is 46.6 Å². The highest BCUT2D eigenvalue weighted by Gasteiger charge is 2.50. The summed E-state index contributed by atoms with van der Waals surface area (Å²) in [6.07, 6.45) is 7.41. The number of hydrogen-bond donors (Lipinski definition) is 4. The van der Waals surface area contributed by atoms with E-state index < -0.39 is 55.0 Å². The molecule has 400 valence electrons. The predicted octanol–water partition coefficient (Wildman–Crippen LogP) is 8.34. The van der Waals surface area contributed by atoms with Crippen LogP contribution >= 0.6 is 0 Å². The third-order valence-corrected chi connectivity index (χ3v) is 18.2. The lowest BCUT2D eigenvalue weighted by Crippen LogP contribution is -2.58. The largest absolute Gasteiger partial charge is 0.473 e. The van der Waals surface area contributed by atoms with E-state index in [4.69, 9.17) is 18.9 Å². The fraction of sp³-hybridized carbons (Fsp3) is 0.527. The average molecular weight is 1050 g/mol. The molecule has 20 heteroatoms. The second-order valence-electron chi connectivity index (χ2n) is 22.1. The van der Waals surface area contributed by atoms with Gasteiger partial charge >= 0.3 is 0 Å². The Bertz CT molecular complexity index is 3050. The second-order valence-corrected chi connectivity index (χ2v) is 23.8. The topological polar surface area (TPSA) is 214 Å². The van der Waals surface area contributed by atoms with E-state index in [0.29, 0.717) is 50.2 Å². The molecule has 18 nitrogen and oxygen atoms in total. The van der Waals surface area contributed by atoms with E-state index in [9.17, 15) is 28.4 Å². The maximum Gasteiger partial charge on any atom is 0.293 e. The Morgan fingerprint density at radius 2 is 1.73 bits per heavy atom. The monoisotopic (exact) mass is 1050 g/mol. The quantitative estimate of drug-likeness (QED) is 0.0683. The normalized spacial score (nSPS) is 25.4. The summed E-state index contributed by atoms with van der Waals surface area (Å²) in [7, 11) is -4.72. The molecule has 0 radical (unpaired) electrons. The summed E-state index contributed by atoms with van der Waals surface area (Å²) in [4.78, 5) is 40.4. The first-order valence-corrected chi connectivity index (χ1v) is 28.0. The zero-order chi connectivity index (χ0) is 52.2.